The van der Waals surface area contributed by atoms with Gasteiger partial charge >= 0.3 is 0 Å². The third-order valence-corrected chi connectivity index (χ3v) is 7.27. The zero-order chi connectivity index (χ0) is 26.4. The number of ether oxygens (including phenoxy) is 1. The van der Waals surface area contributed by atoms with E-state index in [0.717, 1.165) is 10.1 Å². The Bertz CT molecular complexity index is 1330. The second-order valence-corrected chi connectivity index (χ2v) is 10.1. The van der Waals surface area contributed by atoms with Gasteiger partial charge < -0.3 is 9.84 Å². The number of pyridine rings is 1. The van der Waals surface area contributed by atoms with Gasteiger partial charge in [0.05, 0.1) is 10.5 Å². The molecule has 0 radical (unpaired) electrons. The molecule has 1 aliphatic rings. The average molecular weight is 546 g/mol. The van der Waals surface area contributed by atoms with Gasteiger partial charge in [0.2, 0.25) is 5.88 Å². The Hall–Kier alpha value is -2.97. The lowest BCUT2D eigenvalue weighted by Gasteiger charge is -2.16. The van der Waals surface area contributed by atoms with E-state index in [9.17, 15) is 24.8 Å². The molecule has 188 valence electrons. The van der Waals surface area contributed by atoms with E-state index in [1.807, 2.05) is 6.07 Å². The zero-order valence-corrected chi connectivity index (χ0v) is 22.1. The molecule has 1 saturated heterocycles. The Kier molecular flexibility index (Phi) is 9.45. The van der Waals surface area contributed by atoms with E-state index in [4.69, 9.17) is 28.6 Å². The first-order chi connectivity index (χ1) is 17.2. The number of halogens is 1. The van der Waals surface area contributed by atoms with Gasteiger partial charge in [-0.05, 0) is 49.1 Å². The number of thiocarbonyl (C=S) groups is 1. The fourth-order valence-electron chi connectivity index (χ4n) is 3.79. The SMILES string of the molecule is COCCCn1c(O)c(C(=O)CCCN2C(=O)/C(=C/c3ccc(Cl)cc3)SC2=S)c(C)c(C#N)c1=O. The van der Waals surface area contributed by atoms with Crippen LogP contribution in [0.1, 0.15) is 46.3 Å². The summed E-state index contributed by atoms with van der Waals surface area (Å²) in [5, 5.41) is 20.8. The Balaban J connectivity index is 1.72. The van der Waals surface area contributed by atoms with Crippen molar-refractivity contribution in [2.45, 2.75) is 32.7 Å². The monoisotopic (exact) mass is 545 g/mol. The number of thioether (sulfide) groups is 1. The summed E-state index contributed by atoms with van der Waals surface area (Å²) < 4.78 is 6.41. The molecule has 0 saturated carbocycles. The molecule has 1 aromatic heterocycles. The van der Waals surface area contributed by atoms with Crippen LogP contribution in [0.4, 0.5) is 0 Å². The standard InChI is InChI=1S/C25H24ClN3O5S2/c1-15-18(14-27)22(31)28(11-4-12-34-2)24(33)21(15)19(30)5-3-10-29-23(32)20(36-25(29)35)13-16-6-8-17(26)9-7-16/h6-9,13,33H,3-5,10-12H2,1-2H3/b20-13-. The average Bonchev–Trinajstić information content (AvgIpc) is 3.10. The van der Waals surface area contributed by atoms with E-state index in [-0.39, 0.29) is 48.5 Å². The molecule has 1 aliphatic heterocycles. The highest BCUT2D eigenvalue weighted by Crippen LogP contribution is 2.33. The Morgan fingerprint density at radius 1 is 1.25 bits per heavy atom. The predicted molar refractivity (Wildman–Crippen MR) is 143 cm³/mol. The van der Waals surface area contributed by atoms with Crippen molar-refractivity contribution in [3.8, 4) is 11.9 Å². The van der Waals surface area contributed by atoms with Gasteiger partial charge in [-0.15, -0.1) is 0 Å². The highest BCUT2D eigenvalue weighted by molar-refractivity contribution is 8.26. The number of aromatic hydroxyl groups is 1. The van der Waals surface area contributed by atoms with Crippen LogP contribution in [-0.2, 0) is 16.1 Å². The summed E-state index contributed by atoms with van der Waals surface area (Å²) in [6.07, 6.45) is 2.42. The quantitative estimate of drug-likeness (QED) is 0.204. The van der Waals surface area contributed by atoms with E-state index in [1.165, 1.54) is 30.7 Å². The van der Waals surface area contributed by atoms with Crippen LogP contribution < -0.4 is 5.56 Å². The van der Waals surface area contributed by atoms with Crippen LogP contribution in [-0.4, -0.2) is 50.8 Å². The fourth-order valence-corrected chi connectivity index (χ4v) is 5.22. The molecule has 0 bridgehead atoms. The number of ketones is 1. The maximum atomic E-state index is 13.0. The summed E-state index contributed by atoms with van der Waals surface area (Å²) in [6, 6.07) is 8.90. The lowest BCUT2D eigenvalue weighted by Crippen LogP contribution is -2.30. The zero-order valence-electron chi connectivity index (χ0n) is 19.7. The molecule has 1 N–H and O–H groups in total. The third-order valence-electron chi connectivity index (χ3n) is 5.64. The number of hydrogen-bond donors (Lipinski definition) is 1. The highest BCUT2D eigenvalue weighted by Gasteiger charge is 2.32. The van der Waals surface area contributed by atoms with Crippen molar-refractivity contribution in [3.05, 3.63) is 66.8 Å². The number of amides is 1. The molecular formula is C25H24ClN3O5S2. The van der Waals surface area contributed by atoms with Gasteiger partial charge in [0.25, 0.3) is 11.5 Å². The van der Waals surface area contributed by atoms with Crippen molar-refractivity contribution in [1.82, 2.24) is 9.47 Å². The lowest BCUT2D eigenvalue weighted by atomic mass is 9.99. The maximum Gasteiger partial charge on any atom is 0.271 e. The van der Waals surface area contributed by atoms with Crippen LogP contribution in [0.25, 0.3) is 6.08 Å². The van der Waals surface area contributed by atoms with E-state index >= 15 is 0 Å². The smallest absolute Gasteiger partial charge is 0.271 e. The molecule has 1 aromatic carbocycles. The van der Waals surface area contributed by atoms with Crippen molar-refractivity contribution >= 4 is 57.7 Å². The van der Waals surface area contributed by atoms with Gasteiger partial charge in [0, 0.05) is 38.2 Å². The number of rotatable bonds is 10. The second kappa shape index (κ2) is 12.3. The van der Waals surface area contributed by atoms with Crippen molar-refractivity contribution in [1.29, 1.82) is 5.26 Å². The topological polar surface area (TPSA) is 113 Å². The molecule has 11 heteroatoms. The van der Waals surface area contributed by atoms with Crippen molar-refractivity contribution in [3.63, 3.8) is 0 Å². The number of aromatic nitrogens is 1. The van der Waals surface area contributed by atoms with Gasteiger partial charge in [-0.2, -0.15) is 5.26 Å². The molecule has 2 heterocycles. The van der Waals surface area contributed by atoms with Gasteiger partial charge in [-0.3, -0.25) is 23.9 Å². The number of benzene rings is 1. The molecular weight excluding hydrogens is 522 g/mol. The van der Waals surface area contributed by atoms with Crippen LogP contribution in [0.2, 0.25) is 5.02 Å². The Morgan fingerprint density at radius 3 is 2.58 bits per heavy atom. The number of Topliss-reactive ketones (excluding diaryl/α,β-unsaturated/α-hetero) is 1. The Labute approximate surface area is 223 Å². The Morgan fingerprint density at radius 2 is 1.94 bits per heavy atom. The minimum absolute atomic E-state index is 0.0111. The number of carbonyl (C=O) groups is 2. The van der Waals surface area contributed by atoms with Gasteiger partial charge in [-0.25, -0.2) is 0 Å². The van der Waals surface area contributed by atoms with Crippen LogP contribution in [0.15, 0.2) is 34.0 Å². The normalized spacial score (nSPS) is 14.5. The van der Waals surface area contributed by atoms with E-state index in [0.29, 0.717) is 27.3 Å². The first-order valence-corrected chi connectivity index (χ1v) is 12.7. The number of nitrogens with zero attached hydrogens (tertiary/aromatic N) is 3. The number of methoxy groups -OCH3 is 1. The third kappa shape index (κ3) is 6.05. The number of nitriles is 1. The van der Waals surface area contributed by atoms with E-state index in [2.05, 4.69) is 0 Å². The minimum atomic E-state index is -0.648. The summed E-state index contributed by atoms with van der Waals surface area (Å²) in [7, 11) is 1.51. The number of hydrogen-bond acceptors (Lipinski definition) is 8. The summed E-state index contributed by atoms with van der Waals surface area (Å²) in [4.78, 5) is 40.4. The molecule has 8 nitrogen and oxygen atoms in total. The van der Waals surface area contributed by atoms with Crippen molar-refractivity contribution in [2.75, 3.05) is 20.3 Å². The maximum absolute atomic E-state index is 13.0. The molecule has 0 aliphatic carbocycles. The molecule has 2 aromatic rings. The summed E-state index contributed by atoms with van der Waals surface area (Å²) in [5.74, 6) is -1.14. The molecule has 0 atom stereocenters. The lowest BCUT2D eigenvalue weighted by molar-refractivity contribution is -0.122. The summed E-state index contributed by atoms with van der Waals surface area (Å²) in [5.41, 5.74) is 0.0686. The summed E-state index contributed by atoms with van der Waals surface area (Å²) in [6.45, 7) is 2.13. The molecule has 1 fully saturated rings. The van der Waals surface area contributed by atoms with Gasteiger partial charge in [-0.1, -0.05) is 47.7 Å². The molecule has 0 spiro atoms. The largest absolute Gasteiger partial charge is 0.494 e. The molecule has 0 unspecified atom stereocenters. The van der Waals surface area contributed by atoms with Gasteiger partial charge in [0.15, 0.2) is 5.78 Å². The fraction of sp³-hybridized carbons (Fsp3) is 0.320. The summed E-state index contributed by atoms with van der Waals surface area (Å²) >= 11 is 12.5. The van der Waals surface area contributed by atoms with Crippen LogP contribution in [0, 0.1) is 18.3 Å². The van der Waals surface area contributed by atoms with Crippen molar-refractivity contribution in [2.24, 2.45) is 0 Å². The second-order valence-electron chi connectivity index (χ2n) is 8.03. The first kappa shape index (κ1) is 27.6. The predicted octanol–water partition coefficient (Wildman–Crippen LogP) is 4.29. The van der Waals surface area contributed by atoms with Crippen LogP contribution in [0.5, 0.6) is 5.88 Å². The van der Waals surface area contributed by atoms with E-state index in [1.54, 1.807) is 30.3 Å². The highest BCUT2D eigenvalue weighted by atomic mass is 35.5. The van der Waals surface area contributed by atoms with E-state index < -0.39 is 17.2 Å². The van der Waals surface area contributed by atoms with Crippen molar-refractivity contribution < 1.29 is 19.4 Å². The van der Waals surface area contributed by atoms with Gasteiger partial charge in [0.1, 0.15) is 16.0 Å². The molecule has 1 amide bonds. The van der Waals surface area contributed by atoms with Crippen LogP contribution >= 0.6 is 35.6 Å². The minimum Gasteiger partial charge on any atom is -0.494 e. The molecule has 36 heavy (non-hydrogen) atoms. The molecule has 3 rings (SSSR count). The number of carbonyl (C=O) groups excluding carboxylic acids is 2. The van der Waals surface area contributed by atoms with Crippen LogP contribution in [0.3, 0.4) is 0 Å². The first-order valence-electron chi connectivity index (χ1n) is 11.1.